The highest BCUT2D eigenvalue weighted by molar-refractivity contribution is 7.13. The fraction of sp³-hybridized carbons (Fsp3) is 0.190. The number of fused-ring (bicyclic) bond motifs is 1. The molecule has 148 valence electrons. The Morgan fingerprint density at radius 1 is 1.17 bits per heavy atom. The monoisotopic (exact) mass is 410 g/mol. The minimum Gasteiger partial charge on any atom is -0.457 e. The Labute approximate surface area is 171 Å². The van der Waals surface area contributed by atoms with E-state index in [1.54, 1.807) is 6.92 Å². The van der Waals surface area contributed by atoms with Crippen LogP contribution in [0.4, 0.5) is 0 Å². The van der Waals surface area contributed by atoms with Crippen molar-refractivity contribution in [3.8, 4) is 22.1 Å². The Kier molecular flexibility index (Phi) is 5.71. The first kappa shape index (κ1) is 18.9. The van der Waals surface area contributed by atoms with Gasteiger partial charge in [0.15, 0.2) is 11.5 Å². The second-order valence-corrected chi connectivity index (χ2v) is 7.05. The van der Waals surface area contributed by atoms with Crippen LogP contribution in [0.2, 0.25) is 0 Å². The molecule has 3 aromatic rings. The van der Waals surface area contributed by atoms with Gasteiger partial charge in [0, 0.05) is 16.5 Å². The lowest BCUT2D eigenvalue weighted by Gasteiger charge is -2.04. The van der Waals surface area contributed by atoms with E-state index in [1.807, 2.05) is 53.9 Å². The molecule has 1 aromatic heterocycles. The Balaban J connectivity index is 1.25. The fourth-order valence-corrected chi connectivity index (χ4v) is 3.45. The SMILES string of the molecule is C/C(=N\OCC(=O)OCc1csc(-c2ccccc2)n1)c1ccc2c(c1)OCO2. The first-order valence-corrected chi connectivity index (χ1v) is 9.79. The molecule has 0 fully saturated rings. The second kappa shape index (κ2) is 8.74. The molecular formula is C21H18N2O5S. The minimum atomic E-state index is -0.513. The van der Waals surface area contributed by atoms with Crippen LogP contribution >= 0.6 is 11.3 Å². The van der Waals surface area contributed by atoms with Crippen molar-refractivity contribution in [2.75, 3.05) is 13.4 Å². The largest absolute Gasteiger partial charge is 0.457 e. The highest BCUT2D eigenvalue weighted by Gasteiger charge is 2.14. The molecule has 29 heavy (non-hydrogen) atoms. The van der Waals surface area contributed by atoms with Crippen LogP contribution in [0.1, 0.15) is 18.2 Å². The molecule has 7 nitrogen and oxygen atoms in total. The van der Waals surface area contributed by atoms with E-state index in [2.05, 4.69) is 10.1 Å². The van der Waals surface area contributed by atoms with Crippen LogP contribution in [0, 0.1) is 0 Å². The molecule has 0 aliphatic carbocycles. The Hall–Kier alpha value is -3.39. The van der Waals surface area contributed by atoms with E-state index in [-0.39, 0.29) is 20.0 Å². The summed E-state index contributed by atoms with van der Waals surface area (Å²) < 4.78 is 15.8. The lowest BCUT2D eigenvalue weighted by Crippen LogP contribution is -2.11. The summed E-state index contributed by atoms with van der Waals surface area (Å²) in [5.74, 6) is 0.847. The summed E-state index contributed by atoms with van der Waals surface area (Å²) in [5, 5.41) is 6.72. The Morgan fingerprint density at radius 3 is 2.86 bits per heavy atom. The smallest absolute Gasteiger partial charge is 0.347 e. The molecule has 4 rings (SSSR count). The van der Waals surface area contributed by atoms with Crippen molar-refractivity contribution in [2.24, 2.45) is 5.16 Å². The van der Waals surface area contributed by atoms with Gasteiger partial charge in [0.1, 0.15) is 11.6 Å². The molecule has 0 radical (unpaired) electrons. The van der Waals surface area contributed by atoms with Gasteiger partial charge in [-0.3, -0.25) is 0 Å². The van der Waals surface area contributed by atoms with E-state index in [0.29, 0.717) is 22.9 Å². The van der Waals surface area contributed by atoms with Crippen molar-refractivity contribution in [2.45, 2.75) is 13.5 Å². The fourth-order valence-electron chi connectivity index (χ4n) is 2.64. The average Bonchev–Trinajstić information content (AvgIpc) is 3.41. The highest BCUT2D eigenvalue weighted by Crippen LogP contribution is 2.32. The van der Waals surface area contributed by atoms with Crippen LogP contribution in [-0.4, -0.2) is 30.1 Å². The summed E-state index contributed by atoms with van der Waals surface area (Å²) in [5.41, 5.74) is 3.16. The third kappa shape index (κ3) is 4.72. The van der Waals surface area contributed by atoms with E-state index in [4.69, 9.17) is 19.0 Å². The number of ether oxygens (including phenoxy) is 3. The Bertz CT molecular complexity index is 1030. The minimum absolute atomic E-state index is 0.0936. The first-order valence-electron chi connectivity index (χ1n) is 8.91. The van der Waals surface area contributed by atoms with E-state index in [1.165, 1.54) is 11.3 Å². The number of nitrogens with zero attached hydrogens (tertiary/aromatic N) is 2. The zero-order valence-corrected chi connectivity index (χ0v) is 16.5. The van der Waals surface area contributed by atoms with E-state index in [0.717, 1.165) is 16.1 Å². The van der Waals surface area contributed by atoms with Gasteiger partial charge in [0.05, 0.1) is 11.4 Å². The number of hydrogen-bond acceptors (Lipinski definition) is 8. The molecule has 0 spiro atoms. The zero-order chi connectivity index (χ0) is 20.1. The van der Waals surface area contributed by atoms with Gasteiger partial charge in [-0.1, -0.05) is 35.5 Å². The van der Waals surface area contributed by atoms with Crippen molar-refractivity contribution in [3.63, 3.8) is 0 Å². The molecule has 0 bridgehead atoms. The van der Waals surface area contributed by atoms with Crippen LogP contribution in [0.15, 0.2) is 59.1 Å². The highest BCUT2D eigenvalue weighted by atomic mass is 32.1. The molecule has 2 heterocycles. The van der Waals surface area contributed by atoms with Gasteiger partial charge >= 0.3 is 5.97 Å². The van der Waals surface area contributed by atoms with Gasteiger partial charge in [-0.2, -0.15) is 0 Å². The van der Waals surface area contributed by atoms with Gasteiger partial charge in [-0.15, -0.1) is 11.3 Å². The maximum Gasteiger partial charge on any atom is 0.347 e. The lowest BCUT2D eigenvalue weighted by molar-refractivity contribution is -0.150. The molecule has 0 N–H and O–H groups in total. The third-order valence-corrected chi connectivity index (χ3v) is 5.07. The topological polar surface area (TPSA) is 79.2 Å². The van der Waals surface area contributed by atoms with Gasteiger partial charge in [0.25, 0.3) is 0 Å². The van der Waals surface area contributed by atoms with Gasteiger partial charge in [-0.05, 0) is 25.1 Å². The molecule has 0 amide bonds. The summed E-state index contributed by atoms with van der Waals surface area (Å²) in [6.07, 6.45) is 0. The van der Waals surface area contributed by atoms with Crippen LogP contribution in [0.25, 0.3) is 10.6 Å². The van der Waals surface area contributed by atoms with Crippen LogP contribution in [0.5, 0.6) is 11.5 Å². The summed E-state index contributed by atoms with van der Waals surface area (Å²) >= 11 is 1.51. The summed E-state index contributed by atoms with van der Waals surface area (Å²) in [7, 11) is 0. The van der Waals surface area contributed by atoms with Crippen molar-refractivity contribution in [1.82, 2.24) is 4.98 Å². The van der Waals surface area contributed by atoms with Gasteiger partial charge in [-0.25, -0.2) is 9.78 Å². The quantitative estimate of drug-likeness (QED) is 0.333. The first-order chi connectivity index (χ1) is 14.2. The van der Waals surface area contributed by atoms with E-state index >= 15 is 0 Å². The zero-order valence-electron chi connectivity index (χ0n) is 15.7. The van der Waals surface area contributed by atoms with Crippen molar-refractivity contribution < 1.29 is 23.8 Å². The number of carbonyl (C=O) groups excluding carboxylic acids is 1. The Morgan fingerprint density at radius 2 is 2.00 bits per heavy atom. The summed E-state index contributed by atoms with van der Waals surface area (Å²) in [6.45, 7) is 1.81. The standard InChI is InChI=1S/C21H18N2O5S/c1-14(16-7-8-18-19(9-16)27-13-26-18)23-28-11-20(24)25-10-17-12-29-21(22-17)15-5-3-2-4-6-15/h2-9,12H,10-11,13H2,1H3/b23-14+. The number of esters is 1. The average molecular weight is 410 g/mol. The molecule has 0 atom stereocenters. The van der Waals surface area contributed by atoms with Gasteiger partial charge < -0.3 is 19.0 Å². The normalized spacial score (nSPS) is 12.7. The number of thiazole rings is 1. The number of carbonyl (C=O) groups is 1. The van der Waals surface area contributed by atoms with Crippen molar-refractivity contribution in [1.29, 1.82) is 0 Å². The summed E-state index contributed by atoms with van der Waals surface area (Å²) in [6, 6.07) is 15.3. The maximum absolute atomic E-state index is 11.9. The van der Waals surface area contributed by atoms with Crippen LogP contribution < -0.4 is 9.47 Å². The van der Waals surface area contributed by atoms with E-state index < -0.39 is 5.97 Å². The molecular weight excluding hydrogens is 392 g/mol. The maximum atomic E-state index is 11.9. The predicted octanol–water partition coefficient (Wildman–Crippen LogP) is 4.02. The van der Waals surface area contributed by atoms with Crippen molar-refractivity contribution in [3.05, 3.63) is 65.2 Å². The van der Waals surface area contributed by atoms with E-state index in [9.17, 15) is 4.79 Å². The molecule has 1 aliphatic rings. The lowest BCUT2D eigenvalue weighted by atomic mass is 10.1. The predicted molar refractivity (Wildman–Crippen MR) is 108 cm³/mol. The molecule has 0 saturated carbocycles. The number of rotatable bonds is 7. The number of aromatic nitrogens is 1. The summed E-state index contributed by atoms with van der Waals surface area (Å²) in [4.78, 5) is 21.5. The molecule has 0 unspecified atom stereocenters. The third-order valence-electron chi connectivity index (χ3n) is 4.13. The molecule has 8 heteroatoms. The van der Waals surface area contributed by atoms with Crippen LogP contribution in [-0.2, 0) is 21.0 Å². The number of oxime groups is 1. The van der Waals surface area contributed by atoms with Crippen molar-refractivity contribution >= 4 is 23.0 Å². The molecule has 1 aliphatic heterocycles. The van der Waals surface area contributed by atoms with Crippen LogP contribution in [0.3, 0.4) is 0 Å². The molecule has 2 aromatic carbocycles. The van der Waals surface area contributed by atoms with Gasteiger partial charge in [0.2, 0.25) is 13.4 Å². The number of hydrogen-bond donors (Lipinski definition) is 0. The second-order valence-electron chi connectivity index (χ2n) is 6.19. The molecule has 0 saturated heterocycles. The number of benzene rings is 2.